The lowest BCUT2D eigenvalue weighted by molar-refractivity contribution is -0.133. The quantitative estimate of drug-likeness (QED) is 0.886. The van der Waals surface area contributed by atoms with Gasteiger partial charge in [-0.3, -0.25) is 9.78 Å². The minimum absolute atomic E-state index is 0.0560. The van der Waals surface area contributed by atoms with Crippen molar-refractivity contribution >= 4 is 5.91 Å². The van der Waals surface area contributed by atoms with Crippen molar-refractivity contribution in [3.8, 4) is 0 Å². The zero-order chi connectivity index (χ0) is 14.6. The van der Waals surface area contributed by atoms with E-state index >= 15 is 0 Å². The Balaban J connectivity index is 1.99. The summed E-state index contributed by atoms with van der Waals surface area (Å²) >= 11 is 0. The second kappa shape index (κ2) is 6.35. The van der Waals surface area contributed by atoms with Crippen LogP contribution in [0.25, 0.3) is 0 Å². The summed E-state index contributed by atoms with van der Waals surface area (Å²) in [5.41, 5.74) is 0.551. The first-order valence-corrected chi connectivity index (χ1v) is 7.44. The molecule has 2 heterocycles. The van der Waals surface area contributed by atoms with Gasteiger partial charge in [0.15, 0.2) is 0 Å². The van der Waals surface area contributed by atoms with Crippen LogP contribution in [0.1, 0.15) is 45.3 Å². The summed E-state index contributed by atoms with van der Waals surface area (Å²) in [7, 11) is 0. The maximum atomic E-state index is 12.6. The maximum Gasteiger partial charge on any atom is 0.226 e. The van der Waals surface area contributed by atoms with Gasteiger partial charge in [0.2, 0.25) is 5.91 Å². The van der Waals surface area contributed by atoms with Crippen LogP contribution in [-0.2, 0) is 4.79 Å². The summed E-state index contributed by atoms with van der Waals surface area (Å²) in [6, 6.07) is 5.72. The second-order valence-electron chi connectivity index (χ2n) is 6.21. The van der Waals surface area contributed by atoms with Gasteiger partial charge in [-0.05, 0) is 50.9 Å². The number of rotatable bonds is 4. The Kier molecular flexibility index (Phi) is 4.76. The molecule has 1 aromatic rings. The van der Waals surface area contributed by atoms with Gasteiger partial charge in [-0.25, -0.2) is 0 Å². The van der Waals surface area contributed by atoms with Crippen molar-refractivity contribution in [2.75, 3.05) is 13.1 Å². The van der Waals surface area contributed by atoms with Gasteiger partial charge in [0.1, 0.15) is 0 Å². The van der Waals surface area contributed by atoms with Crippen molar-refractivity contribution in [1.29, 1.82) is 0 Å². The summed E-state index contributed by atoms with van der Waals surface area (Å²) in [6.07, 6.45) is 4.02. The van der Waals surface area contributed by atoms with Crippen LogP contribution in [-0.4, -0.2) is 24.0 Å². The normalized spacial score (nSPS) is 21.2. The molecular weight excluding hydrogens is 250 g/mol. The molecule has 2 rings (SSSR count). The Bertz CT molecular complexity index is 438. The first kappa shape index (κ1) is 15.0. The lowest BCUT2D eigenvalue weighted by atomic mass is 9.74. The topological polar surface area (TPSA) is 54.0 Å². The first-order chi connectivity index (χ1) is 9.51. The molecule has 2 N–H and O–H groups in total. The van der Waals surface area contributed by atoms with E-state index in [4.69, 9.17) is 0 Å². The molecule has 0 bridgehead atoms. The van der Waals surface area contributed by atoms with E-state index in [9.17, 15) is 4.79 Å². The molecule has 20 heavy (non-hydrogen) atoms. The van der Waals surface area contributed by atoms with E-state index in [-0.39, 0.29) is 17.4 Å². The van der Waals surface area contributed by atoms with Gasteiger partial charge in [-0.1, -0.05) is 19.9 Å². The molecule has 1 aliphatic heterocycles. The average Bonchev–Trinajstić information content (AvgIpc) is 2.49. The third kappa shape index (κ3) is 3.37. The molecule has 1 aromatic heterocycles. The van der Waals surface area contributed by atoms with Crippen molar-refractivity contribution < 1.29 is 4.79 Å². The zero-order valence-corrected chi connectivity index (χ0v) is 12.6. The Labute approximate surface area is 121 Å². The van der Waals surface area contributed by atoms with Crippen LogP contribution in [0.15, 0.2) is 24.4 Å². The van der Waals surface area contributed by atoms with Gasteiger partial charge in [-0.2, -0.15) is 0 Å². The predicted molar refractivity (Wildman–Crippen MR) is 80.2 cm³/mol. The highest BCUT2D eigenvalue weighted by Crippen LogP contribution is 2.32. The van der Waals surface area contributed by atoms with E-state index < -0.39 is 0 Å². The highest BCUT2D eigenvalue weighted by molar-refractivity contribution is 5.82. The van der Waals surface area contributed by atoms with Crippen molar-refractivity contribution in [3.63, 3.8) is 0 Å². The van der Waals surface area contributed by atoms with Gasteiger partial charge < -0.3 is 10.6 Å². The Morgan fingerprint density at radius 3 is 2.90 bits per heavy atom. The molecule has 110 valence electrons. The number of carbonyl (C=O) groups excluding carboxylic acids is 1. The molecule has 1 aliphatic rings. The molecule has 4 heteroatoms. The predicted octanol–water partition coefficient (Wildman–Crippen LogP) is 2.28. The van der Waals surface area contributed by atoms with E-state index in [0.717, 1.165) is 31.6 Å². The number of hydrogen-bond donors (Lipinski definition) is 2. The Morgan fingerprint density at radius 1 is 1.50 bits per heavy atom. The smallest absolute Gasteiger partial charge is 0.226 e. The van der Waals surface area contributed by atoms with Crippen LogP contribution >= 0.6 is 0 Å². The molecule has 0 radical (unpaired) electrons. The molecule has 1 fully saturated rings. The van der Waals surface area contributed by atoms with E-state index in [1.807, 2.05) is 39.0 Å². The van der Waals surface area contributed by atoms with Gasteiger partial charge >= 0.3 is 0 Å². The summed E-state index contributed by atoms with van der Waals surface area (Å²) in [4.78, 5) is 16.9. The molecule has 0 spiro atoms. The Hall–Kier alpha value is -1.42. The number of piperidine rings is 1. The largest absolute Gasteiger partial charge is 0.348 e. The van der Waals surface area contributed by atoms with Crippen LogP contribution < -0.4 is 10.6 Å². The van der Waals surface area contributed by atoms with Gasteiger partial charge in [0.25, 0.3) is 0 Å². The number of nitrogens with one attached hydrogen (secondary N) is 2. The molecule has 0 aliphatic carbocycles. The van der Waals surface area contributed by atoms with Crippen LogP contribution in [0.2, 0.25) is 0 Å². The summed E-state index contributed by atoms with van der Waals surface area (Å²) in [5.74, 6) is 0.511. The fourth-order valence-electron chi connectivity index (χ4n) is 2.74. The summed E-state index contributed by atoms with van der Waals surface area (Å²) < 4.78 is 0. The van der Waals surface area contributed by atoms with Gasteiger partial charge in [-0.15, -0.1) is 0 Å². The number of hydrogen-bond acceptors (Lipinski definition) is 3. The number of nitrogens with zero attached hydrogens (tertiary/aromatic N) is 1. The highest BCUT2D eigenvalue weighted by Gasteiger charge is 2.37. The van der Waals surface area contributed by atoms with Crippen LogP contribution in [0.3, 0.4) is 0 Å². The zero-order valence-electron chi connectivity index (χ0n) is 12.6. The SMILES string of the molecule is C[C@@H](NC(=O)C(C)(C)C1CCCNC1)c1ccccn1. The number of amides is 1. The number of carbonyl (C=O) groups is 1. The maximum absolute atomic E-state index is 12.6. The lowest BCUT2D eigenvalue weighted by Gasteiger charge is -2.36. The fraction of sp³-hybridized carbons (Fsp3) is 0.625. The second-order valence-corrected chi connectivity index (χ2v) is 6.21. The Morgan fingerprint density at radius 2 is 2.30 bits per heavy atom. The molecule has 0 aromatic carbocycles. The minimum Gasteiger partial charge on any atom is -0.348 e. The van der Waals surface area contributed by atoms with Crippen molar-refractivity contribution in [3.05, 3.63) is 30.1 Å². The monoisotopic (exact) mass is 275 g/mol. The number of pyridine rings is 1. The third-order valence-electron chi connectivity index (χ3n) is 4.38. The molecular formula is C16H25N3O. The van der Waals surface area contributed by atoms with Crippen LogP contribution in [0.5, 0.6) is 0 Å². The van der Waals surface area contributed by atoms with E-state index in [1.165, 1.54) is 0 Å². The standard InChI is InChI=1S/C16H25N3O/c1-12(14-8-4-5-10-18-14)19-15(20)16(2,3)13-7-6-9-17-11-13/h4-5,8,10,12-13,17H,6-7,9,11H2,1-3H3,(H,19,20)/t12-,13?/m1/s1. The van der Waals surface area contributed by atoms with Crippen molar-refractivity contribution in [2.45, 2.75) is 39.7 Å². The van der Waals surface area contributed by atoms with Crippen molar-refractivity contribution in [1.82, 2.24) is 15.6 Å². The average molecular weight is 275 g/mol. The highest BCUT2D eigenvalue weighted by atomic mass is 16.2. The molecule has 1 amide bonds. The van der Waals surface area contributed by atoms with E-state index in [0.29, 0.717) is 5.92 Å². The fourth-order valence-corrected chi connectivity index (χ4v) is 2.74. The first-order valence-electron chi connectivity index (χ1n) is 7.44. The molecule has 1 unspecified atom stereocenters. The van der Waals surface area contributed by atoms with Gasteiger partial charge in [0.05, 0.1) is 11.7 Å². The minimum atomic E-state index is -0.351. The van der Waals surface area contributed by atoms with E-state index in [2.05, 4.69) is 15.6 Å². The summed E-state index contributed by atoms with van der Waals surface area (Å²) in [5, 5.41) is 6.49. The third-order valence-corrected chi connectivity index (χ3v) is 4.38. The van der Waals surface area contributed by atoms with Crippen LogP contribution in [0, 0.1) is 11.3 Å². The van der Waals surface area contributed by atoms with Crippen molar-refractivity contribution in [2.24, 2.45) is 11.3 Å². The molecule has 2 atom stereocenters. The van der Waals surface area contributed by atoms with Crippen LogP contribution in [0.4, 0.5) is 0 Å². The van der Waals surface area contributed by atoms with Gasteiger partial charge in [0, 0.05) is 11.6 Å². The lowest BCUT2D eigenvalue weighted by Crippen LogP contribution is -2.47. The number of aromatic nitrogens is 1. The summed E-state index contributed by atoms with van der Waals surface area (Å²) in [6.45, 7) is 8.07. The van der Waals surface area contributed by atoms with E-state index in [1.54, 1.807) is 6.20 Å². The molecule has 1 saturated heterocycles. The molecule has 0 saturated carbocycles. The molecule has 4 nitrogen and oxygen atoms in total.